The van der Waals surface area contributed by atoms with Gasteiger partial charge in [0.25, 0.3) is 0 Å². The molecule has 2 unspecified atom stereocenters. The first-order valence-electron chi connectivity index (χ1n) is 5.82. The minimum atomic E-state index is -4.93. The lowest BCUT2D eigenvalue weighted by atomic mass is 10.3. The molecule has 0 aliphatic carbocycles. The molecule has 6 nitrogen and oxygen atoms in total. The molecule has 1 aliphatic rings. The maximum atomic E-state index is 12.2. The largest absolute Gasteiger partial charge is 0.573 e. The highest BCUT2D eigenvalue weighted by molar-refractivity contribution is 7.89. The molecule has 0 amide bonds. The van der Waals surface area contributed by atoms with Gasteiger partial charge in [0, 0.05) is 19.2 Å². The number of aliphatic hydroxyl groups excluding tert-OH is 2. The quantitative estimate of drug-likeness (QED) is 0.834. The van der Waals surface area contributed by atoms with Gasteiger partial charge in [-0.05, 0) is 12.1 Å². The van der Waals surface area contributed by atoms with Crippen molar-refractivity contribution in [3.63, 3.8) is 0 Å². The van der Waals surface area contributed by atoms with Crippen molar-refractivity contribution in [1.29, 1.82) is 0 Å². The standard InChI is InChI=1S/C11H12F3NO5S/c12-11(13,14)20-7-2-1-3-8(4-7)21(18,19)15-5-9(16)10(17)6-15/h1-4,9-10,16-17H,5-6H2. The monoisotopic (exact) mass is 327 g/mol. The van der Waals surface area contributed by atoms with Gasteiger partial charge >= 0.3 is 6.36 Å². The van der Waals surface area contributed by atoms with Gasteiger partial charge in [0.05, 0.1) is 17.1 Å². The minimum absolute atomic E-state index is 0.326. The van der Waals surface area contributed by atoms with E-state index in [-0.39, 0.29) is 13.1 Å². The molecule has 0 bridgehead atoms. The number of hydrogen-bond donors (Lipinski definition) is 2. The van der Waals surface area contributed by atoms with E-state index >= 15 is 0 Å². The predicted octanol–water partition coefficient (Wildman–Crippen LogP) is 0.311. The maximum Gasteiger partial charge on any atom is 0.573 e. The van der Waals surface area contributed by atoms with Crippen molar-refractivity contribution < 1.29 is 36.5 Å². The molecule has 0 radical (unpaired) electrons. The van der Waals surface area contributed by atoms with Gasteiger partial charge in [-0.2, -0.15) is 4.31 Å². The van der Waals surface area contributed by atoms with Crippen LogP contribution in [-0.2, 0) is 10.0 Å². The molecular formula is C11H12F3NO5S. The number of rotatable bonds is 3. The third kappa shape index (κ3) is 3.64. The summed E-state index contributed by atoms with van der Waals surface area (Å²) in [4.78, 5) is -0.412. The van der Waals surface area contributed by atoms with E-state index in [9.17, 15) is 31.8 Å². The molecule has 21 heavy (non-hydrogen) atoms. The Morgan fingerprint density at radius 1 is 1.19 bits per heavy atom. The van der Waals surface area contributed by atoms with Gasteiger partial charge in [0.2, 0.25) is 10.0 Å². The summed E-state index contributed by atoms with van der Waals surface area (Å²) in [5, 5.41) is 18.7. The van der Waals surface area contributed by atoms with Crippen LogP contribution < -0.4 is 4.74 Å². The summed E-state index contributed by atoms with van der Waals surface area (Å²) < 4.78 is 65.3. The van der Waals surface area contributed by atoms with Crippen molar-refractivity contribution in [2.75, 3.05) is 13.1 Å². The number of benzene rings is 1. The lowest BCUT2D eigenvalue weighted by Crippen LogP contribution is -2.30. The Hall–Kier alpha value is -1.36. The first kappa shape index (κ1) is 16.0. The van der Waals surface area contributed by atoms with Crippen LogP contribution in [0.4, 0.5) is 13.2 Å². The summed E-state index contributed by atoms with van der Waals surface area (Å²) in [6.45, 7) is -0.651. The molecule has 0 spiro atoms. The number of hydrogen-bond acceptors (Lipinski definition) is 5. The van der Waals surface area contributed by atoms with E-state index in [0.29, 0.717) is 0 Å². The SMILES string of the molecule is O=S(=O)(c1cccc(OC(F)(F)F)c1)N1CC(O)C(O)C1. The highest BCUT2D eigenvalue weighted by Gasteiger charge is 2.38. The third-order valence-corrected chi connectivity index (χ3v) is 4.73. The summed E-state index contributed by atoms with van der Waals surface area (Å²) in [6.07, 6.45) is -7.38. The zero-order valence-corrected chi connectivity index (χ0v) is 11.3. The zero-order valence-electron chi connectivity index (χ0n) is 10.5. The summed E-state index contributed by atoms with van der Waals surface area (Å²) in [5.41, 5.74) is 0. The Morgan fingerprint density at radius 3 is 2.29 bits per heavy atom. The number of nitrogens with zero attached hydrogens (tertiary/aromatic N) is 1. The highest BCUT2D eigenvalue weighted by Crippen LogP contribution is 2.27. The highest BCUT2D eigenvalue weighted by atomic mass is 32.2. The number of ether oxygens (including phenoxy) is 1. The Balaban J connectivity index is 2.27. The van der Waals surface area contributed by atoms with Gasteiger partial charge < -0.3 is 14.9 Å². The molecule has 10 heteroatoms. The van der Waals surface area contributed by atoms with Gasteiger partial charge in [0.1, 0.15) is 5.75 Å². The lowest BCUT2D eigenvalue weighted by molar-refractivity contribution is -0.274. The zero-order chi connectivity index (χ0) is 15.8. The summed E-state index contributed by atoms with van der Waals surface area (Å²) in [5.74, 6) is -0.663. The van der Waals surface area contributed by atoms with E-state index in [1.54, 1.807) is 0 Å². The summed E-state index contributed by atoms with van der Waals surface area (Å²) in [7, 11) is -4.12. The molecule has 1 fully saturated rings. The number of sulfonamides is 1. The number of aliphatic hydroxyl groups is 2. The van der Waals surface area contributed by atoms with Crippen LogP contribution in [0.3, 0.4) is 0 Å². The van der Waals surface area contributed by atoms with Gasteiger partial charge in [-0.3, -0.25) is 0 Å². The van der Waals surface area contributed by atoms with Crippen LogP contribution in [0.5, 0.6) is 5.75 Å². The third-order valence-electron chi connectivity index (χ3n) is 2.90. The molecule has 0 aromatic heterocycles. The number of halogens is 3. The fraction of sp³-hybridized carbons (Fsp3) is 0.455. The number of β-amino-alcohol motifs (C(OH)–C–C–N with tert-alkyl or cyclic N) is 2. The molecule has 2 rings (SSSR count). The molecule has 2 atom stereocenters. The molecule has 0 saturated carbocycles. The molecule has 1 heterocycles. The Morgan fingerprint density at radius 2 is 1.76 bits per heavy atom. The van der Waals surface area contributed by atoms with Crippen LogP contribution in [0.2, 0.25) is 0 Å². The van der Waals surface area contributed by atoms with Crippen LogP contribution in [0.1, 0.15) is 0 Å². The van der Waals surface area contributed by atoms with Crippen molar-refractivity contribution in [3.8, 4) is 5.75 Å². The average molecular weight is 327 g/mol. The predicted molar refractivity (Wildman–Crippen MR) is 63.9 cm³/mol. The van der Waals surface area contributed by atoms with E-state index in [2.05, 4.69) is 4.74 Å². The average Bonchev–Trinajstić information content (AvgIpc) is 2.68. The first-order valence-corrected chi connectivity index (χ1v) is 7.26. The second-order valence-electron chi connectivity index (χ2n) is 4.48. The van der Waals surface area contributed by atoms with Crippen LogP contribution in [-0.4, -0.2) is 54.6 Å². The van der Waals surface area contributed by atoms with Gasteiger partial charge in [-0.15, -0.1) is 13.2 Å². The van der Waals surface area contributed by atoms with Crippen LogP contribution in [0.25, 0.3) is 0 Å². The van der Waals surface area contributed by atoms with Crippen LogP contribution >= 0.6 is 0 Å². The van der Waals surface area contributed by atoms with Crippen LogP contribution in [0.15, 0.2) is 29.2 Å². The van der Waals surface area contributed by atoms with Crippen molar-refractivity contribution >= 4 is 10.0 Å². The molecule has 118 valence electrons. The second-order valence-corrected chi connectivity index (χ2v) is 6.42. The molecule has 1 aromatic rings. The van der Waals surface area contributed by atoms with Gasteiger partial charge in [-0.1, -0.05) is 6.07 Å². The smallest absolute Gasteiger partial charge is 0.406 e. The first-order chi connectivity index (χ1) is 9.59. The van der Waals surface area contributed by atoms with Crippen LogP contribution in [0, 0.1) is 0 Å². The molecule has 2 N–H and O–H groups in total. The van der Waals surface area contributed by atoms with Crippen molar-refractivity contribution in [3.05, 3.63) is 24.3 Å². The van der Waals surface area contributed by atoms with Crippen molar-refractivity contribution in [1.82, 2.24) is 4.31 Å². The fourth-order valence-electron chi connectivity index (χ4n) is 1.91. The van der Waals surface area contributed by atoms with E-state index in [4.69, 9.17) is 0 Å². The lowest BCUT2D eigenvalue weighted by Gasteiger charge is -2.16. The topological polar surface area (TPSA) is 87.1 Å². The van der Waals surface area contributed by atoms with E-state index < -0.39 is 39.2 Å². The van der Waals surface area contributed by atoms with E-state index in [1.165, 1.54) is 0 Å². The van der Waals surface area contributed by atoms with E-state index in [0.717, 1.165) is 28.6 Å². The fourth-order valence-corrected chi connectivity index (χ4v) is 3.42. The molecule has 1 saturated heterocycles. The summed E-state index contributed by atoms with van der Waals surface area (Å²) >= 11 is 0. The van der Waals surface area contributed by atoms with Crippen molar-refractivity contribution in [2.24, 2.45) is 0 Å². The van der Waals surface area contributed by atoms with E-state index in [1.807, 2.05) is 0 Å². The summed E-state index contributed by atoms with van der Waals surface area (Å²) in [6, 6.07) is 3.92. The Kier molecular flexibility index (Phi) is 4.15. The van der Waals surface area contributed by atoms with Gasteiger partial charge in [0.15, 0.2) is 0 Å². The normalized spacial score (nSPS) is 24.2. The Labute approximate surface area is 118 Å². The van der Waals surface area contributed by atoms with Gasteiger partial charge in [-0.25, -0.2) is 8.42 Å². The number of alkyl halides is 3. The second kappa shape index (κ2) is 5.44. The minimum Gasteiger partial charge on any atom is -0.406 e. The molecule has 1 aromatic carbocycles. The Bertz CT molecular complexity index is 609. The molecular weight excluding hydrogens is 315 g/mol. The van der Waals surface area contributed by atoms with Crippen molar-refractivity contribution in [2.45, 2.75) is 23.5 Å². The molecule has 1 aliphatic heterocycles. The maximum absolute atomic E-state index is 12.2.